The lowest BCUT2D eigenvalue weighted by atomic mass is 10.2. The van der Waals surface area contributed by atoms with E-state index >= 15 is 0 Å². The van der Waals surface area contributed by atoms with Crippen LogP contribution in [0.4, 0.5) is 11.4 Å². The largest absolute Gasteiger partial charge is 0.493 e. The SMILES string of the molecule is COc1cc(C=Nc2ccc(NC(C)=O)cc2)ccc1OC(C)=O. The van der Waals surface area contributed by atoms with E-state index in [-0.39, 0.29) is 5.91 Å². The second kappa shape index (κ2) is 7.92. The Hall–Kier alpha value is -3.15. The molecule has 6 nitrogen and oxygen atoms in total. The van der Waals surface area contributed by atoms with Gasteiger partial charge >= 0.3 is 5.97 Å². The van der Waals surface area contributed by atoms with Crippen LogP contribution < -0.4 is 14.8 Å². The lowest BCUT2D eigenvalue weighted by molar-refractivity contribution is -0.132. The van der Waals surface area contributed by atoms with E-state index in [1.807, 2.05) is 0 Å². The number of nitrogens with one attached hydrogen (secondary N) is 1. The number of benzene rings is 2. The third-order valence-electron chi connectivity index (χ3n) is 2.99. The zero-order chi connectivity index (χ0) is 17.5. The Balaban J connectivity index is 2.13. The van der Waals surface area contributed by atoms with Gasteiger partial charge in [-0.25, -0.2) is 0 Å². The Bertz CT molecular complexity index is 767. The smallest absolute Gasteiger partial charge is 0.308 e. The number of ether oxygens (including phenoxy) is 2. The minimum absolute atomic E-state index is 0.119. The number of hydrogen-bond acceptors (Lipinski definition) is 5. The first kappa shape index (κ1) is 17.2. The molecule has 0 aliphatic heterocycles. The van der Waals surface area contributed by atoms with Gasteiger partial charge in [-0.2, -0.15) is 0 Å². The van der Waals surface area contributed by atoms with Gasteiger partial charge in [-0.3, -0.25) is 14.6 Å². The lowest BCUT2D eigenvalue weighted by Gasteiger charge is -2.08. The van der Waals surface area contributed by atoms with Gasteiger partial charge in [0.1, 0.15) is 0 Å². The van der Waals surface area contributed by atoms with Gasteiger partial charge in [0.05, 0.1) is 12.8 Å². The van der Waals surface area contributed by atoms with E-state index in [1.54, 1.807) is 48.7 Å². The lowest BCUT2D eigenvalue weighted by Crippen LogP contribution is -2.04. The standard InChI is InChI=1S/C18H18N2O4/c1-12(21)20-16-7-5-15(6-8-16)19-11-14-4-9-17(24-13(2)22)18(10-14)23-3/h4-11H,1-3H3,(H,20,21). The molecule has 24 heavy (non-hydrogen) atoms. The van der Waals surface area contributed by atoms with Gasteiger partial charge in [-0.1, -0.05) is 0 Å². The van der Waals surface area contributed by atoms with Crippen LogP contribution in [-0.4, -0.2) is 25.2 Å². The van der Waals surface area contributed by atoms with Crippen LogP contribution in [0.3, 0.4) is 0 Å². The van der Waals surface area contributed by atoms with Crippen LogP contribution in [0, 0.1) is 0 Å². The summed E-state index contributed by atoms with van der Waals surface area (Å²) >= 11 is 0. The third kappa shape index (κ3) is 4.95. The molecular weight excluding hydrogens is 308 g/mol. The highest BCUT2D eigenvalue weighted by molar-refractivity contribution is 5.89. The molecular formula is C18H18N2O4. The second-order valence-corrected chi connectivity index (χ2v) is 4.99. The molecule has 0 spiro atoms. The Morgan fingerprint density at radius 2 is 1.75 bits per heavy atom. The monoisotopic (exact) mass is 326 g/mol. The molecule has 0 unspecified atom stereocenters. The van der Waals surface area contributed by atoms with E-state index in [1.165, 1.54) is 21.0 Å². The summed E-state index contributed by atoms with van der Waals surface area (Å²) in [5, 5.41) is 2.69. The van der Waals surface area contributed by atoms with Crippen LogP contribution in [0.2, 0.25) is 0 Å². The van der Waals surface area contributed by atoms with Crippen molar-refractivity contribution < 1.29 is 19.1 Å². The number of esters is 1. The molecule has 0 bridgehead atoms. The van der Waals surface area contributed by atoms with Crippen LogP contribution in [-0.2, 0) is 9.59 Å². The molecule has 0 fully saturated rings. The Morgan fingerprint density at radius 1 is 1.04 bits per heavy atom. The minimum Gasteiger partial charge on any atom is -0.493 e. The van der Waals surface area contributed by atoms with Crippen LogP contribution in [0.5, 0.6) is 11.5 Å². The number of amides is 1. The maximum atomic E-state index is 11.0. The van der Waals surface area contributed by atoms with Crippen molar-refractivity contribution in [3.8, 4) is 11.5 Å². The fourth-order valence-corrected chi connectivity index (χ4v) is 1.99. The number of methoxy groups -OCH3 is 1. The minimum atomic E-state index is -0.408. The molecule has 2 aromatic rings. The highest BCUT2D eigenvalue weighted by Gasteiger charge is 2.07. The predicted molar refractivity (Wildman–Crippen MR) is 92.3 cm³/mol. The van der Waals surface area contributed by atoms with E-state index in [9.17, 15) is 9.59 Å². The van der Waals surface area contributed by atoms with Crippen molar-refractivity contribution in [2.45, 2.75) is 13.8 Å². The summed E-state index contributed by atoms with van der Waals surface area (Å²) in [5.41, 5.74) is 2.26. The van der Waals surface area contributed by atoms with Gasteiger partial charge in [0, 0.05) is 25.7 Å². The first-order chi connectivity index (χ1) is 11.5. The molecule has 0 radical (unpaired) electrons. The van der Waals surface area contributed by atoms with Gasteiger partial charge in [-0.05, 0) is 48.0 Å². The molecule has 2 aromatic carbocycles. The molecule has 124 valence electrons. The van der Waals surface area contributed by atoms with Gasteiger partial charge in [0.15, 0.2) is 11.5 Å². The van der Waals surface area contributed by atoms with Crippen molar-refractivity contribution in [3.05, 3.63) is 48.0 Å². The van der Waals surface area contributed by atoms with E-state index in [2.05, 4.69) is 10.3 Å². The van der Waals surface area contributed by atoms with Gasteiger partial charge in [-0.15, -0.1) is 0 Å². The molecule has 0 aromatic heterocycles. The van der Waals surface area contributed by atoms with Crippen LogP contribution in [0.1, 0.15) is 19.4 Å². The van der Waals surface area contributed by atoms with Gasteiger partial charge in [0.2, 0.25) is 5.91 Å². The third-order valence-corrected chi connectivity index (χ3v) is 2.99. The maximum Gasteiger partial charge on any atom is 0.308 e. The van der Waals surface area contributed by atoms with Crippen molar-refractivity contribution >= 4 is 29.5 Å². The maximum absolute atomic E-state index is 11.0. The molecule has 0 aliphatic rings. The number of hydrogen-bond donors (Lipinski definition) is 1. The van der Waals surface area contributed by atoms with Crippen molar-refractivity contribution in [1.29, 1.82) is 0 Å². The number of nitrogens with zero attached hydrogens (tertiary/aromatic N) is 1. The molecule has 1 N–H and O–H groups in total. The summed E-state index contributed by atoms with van der Waals surface area (Å²) in [4.78, 5) is 26.4. The van der Waals surface area contributed by atoms with Gasteiger partial charge < -0.3 is 14.8 Å². The van der Waals surface area contributed by atoms with E-state index < -0.39 is 5.97 Å². The van der Waals surface area contributed by atoms with Gasteiger partial charge in [0.25, 0.3) is 0 Å². The second-order valence-electron chi connectivity index (χ2n) is 4.99. The van der Waals surface area contributed by atoms with E-state index in [0.29, 0.717) is 17.2 Å². The summed E-state index contributed by atoms with van der Waals surface area (Å²) in [7, 11) is 1.50. The first-order valence-electron chi connectivity index (χ1n) is 7.26. The van der Waals surface area contributed by atoms with Crippen molar-refractivity contribution in [1.82, 2.24) is 0 Å². The summed E-state index contributed by atoms with van der Waals surface area (Å²) in [6.45, 7) is 2.79. The fourth-order valence-electron chi connectivity index (χ4n) is 1.99. The van der Waals surface area contributed by atoms with Crippen LogP contribution in [0.25, 0.3) is 0 Å². The van der Waals surface area contributed by atoms with Crippen molar-refractivity contribution in [2.75, 3.05) is 12.4 Å². The number of aliphatic imine (C=N–C) groups is 1. The molecule has 6 heteroatoms. The quantitative estimate of drug-likeness (QED) is 0.519. The molecule has 0 saturated carbocycles. The van der Waals surface area contributed by atoms with E-state index in [4.69, 9.17) is 9.47 Å². The Kier molecular flexibility index (Phi) is 5.68. The highest BCUT2D eigenvalue weighted by Crippen LogP contribution is 2.28. The number of carbonyl (C=O) groups excluding carboxylic acids is 2. The predicted octanol–water partition coefficient (Wildman–Crippen LogP) is 3.33. The molecule has 0 aliphatic carbocycles. The first-order valence-corrected chi connectivity index (χ1v) is 7.26. The highest BCUT2D eigenvalue weighted by atomic mass is 16.6. The fraction of sp³-hybridized carbons (Fsp3) is 0.167. The summed E-state index contributed by atoms with van der Waals surface area (Å²) in [5.74, 6) is 0.289. The summed E-state index contributed by atoms with van der Waals surface area (Å²) in [6.07, 6.45) is 1.67. The van der Waals surface area contributed by atoms with Crippen LogP contribution >= 0.6 is 0 Å². The molecule has 0 heterocycles. The normalized spacial score (nSPS) is 10.5. The molecule has 0 saturated heterocycles. The average molecular weight is 326 g/mol. The topological polar surface area (TPSA) is 77.0 Å². The van der Waals surface area contributed by atoms with Crippen molar-refractivity contribution in [2.24, 2.45) is 4.99 Å². The Labute approximate surface area is 140 Å². The van der Waals surface area contributed by atoms with Crippen molar-refractivity contribution in [3.63, 3.8) is 0 Å². The summed E-state index contributed by atoms with van der Waals surface area (Å²) < 4.78 is 10.3. The molecule has 2 rings (SSSR count). The zero-order valence-corrected chi connectivity index (χ0v) is 13.7. The van der Waals surface area contributed by atoms with E-state index in [0.717, 1.165) is 11.3 Å². The number of carbonyl (C=O) groups is 2. The number of rotatable bonds is 5. The zero-order valence-electron chi connectivity index (χ0n) is 13.7. The average Bonchev–Trinajstić information content (AvgIpc) is 2.54. The summed E-state index contributed by atoms with van der Waals surface area (Å²) in [6, 6.07) is 12.3. The molecule has 0 atom stereocenters. The number of anilines is 1. The Morgan fingerprint density at radius 3 is 2.33 bits per heavy atom. The molecule has 1 amide bonds. The van der Waals surface area contributed by atoms with Crippen LogP contribution in [0.15, 0.2) is 47.5 Å².